The van der Waals surface area contributed by atoms with Gasteiger partial charge in [-0.05, 0) is 18.1 Å². The highest BCUT2D eigenvalue weighted by Crippen LogP contribution is 2.33. The summed E-state index contributed by atoms with van der Waals surface area (Å²) in [5.74, 6) is -0.143. The second-order valence-corrected chi connectivity index (χ2v) is 7.74. The molecule has 1 N–H and O–H groups in total. The lowest BCUT2D eigenvalue weighted by molar-refractivity contribution is 0.138. The van der Waals surface area contributed by atoms with Crippen LogP contribution in [0.3, 0.4) is 0 Å². The lowest BCUT2D eigenvalue weighted by Crippen LogP contribution is -2.42. The zero-order valence-electron chi connectivity index (χ0n) is 17.6. The summed E-state index contributed by atoms with van der Waals surface area (Å²) in [5.41, 5.74) is 6.35. The molecule has 1 amide bonds. The molecule has 2 aliphatic rings. The molecule has 0 bridgehead atoms. The van der Waals surface area contributed by atoms with Crippen LogP contribution in [0.25, 0.3) is 0 Å². The molecule has 5 rings (SSSR count). The van der Waals surface area contributed by atoms with Crippen LogP contribution in [0.5, 0.6) is 0 Å². The molecule has 2 aliphatic heterocycles. The van der Waals surface area contributed by atoms with Gasteiger partial charge in [-0.15, -0.1) is 0 Å². The van der Waals surface area contributed by atoms with Crippen LogP contribution in [0.15, 0.2) is 100 Å². The number of benzene rings is 3. The van der Waals surface area contributed by atoms with E-state index in [2.05, 4.69) is 27.7 Å². The van der Waals surface area contributed by atoms with Crippen molar-refractivity contribution >= 4 is 23.2 Å². The molecule has 0 fully saturated rings. The molecule has 3 aromatic rings. The maximum atomic E-state index is 12.7. The first kappa shape index (κ1) is 19.9. The molecule has 0 saturated carbocycles. The minimum Gasteiger partial charge on any atom is -0.445 e. The number of fused-ring (bicyclic) bond motifs is 3. The largest absolute Gasteiger partial charge is 0.445 e. The van der Waals surface area contributed by atoms with Gasteiger partial charge in [-0.2, -0.15) is 10.2 Å². The van der Waals surface area contributed by atoms with Gasteiger partial charge < -0.3 is 4.74 Å². The summed E-state index contributed by atoms with van der Waals surface area (Å²) in [7, 11) is 0. The Kier molecular flexibility index (Phi) is 5.34. The van der Waals surface area contributed by atoms with Gasteiger partial charge >= 0.3 is 6.09 Å². The summed E-state index contributed by atoms with van der Waals surface area (Å²) in [5, 5.41) is 11.6. The van der Waals surface area contributed by atoms with Crippen molar-refractivity contribution in [1.82, 2.24) is 5.32 Å². The molecule has 0 aromatic heterocycles. The summed E-state index contributed by atoms with van der Waals surface area (Å²) in [4.78, 5) is 17.6. The first-order valence-corrected chi connectivity index (χ1v) is 10.5. The monoisotopic (exact) mass is 422 g/mol. The number of carbonyl (C=O) groups is 1. The van der Waals surface area contributed by atoms with Crippen molar-refractivity contribution in [2.24, 2.45) is 15.2 Å². The predicted molar refractivity (Wildman–Crippen MR) is 125 cm³/mol. The summed E-state index contributed by atoms with van der Waals surface area (Å²) < 4.78 is 5.45. The Bertz CT molecular complexity index is 1230. The average molecular weight is 422 g/mol. The van der Waals surface area contributed by atoms with Crippen LogP contribution in [0, 0.1) is 0 Å². The SMILES string of the molecule is CC1=NN=C2C(NC(=O)OCc3ccccc3)N=C(c3ccccc3)c3ccccc3C12. The number of nitrogens with one attached hydrogen (secondary N) is 1. The molecule has 0 spiro atoms. The predicted octanol–water partition coefficient (Wildman–Crippen LogP) is 4.70. The number of alkyl carbamates (subject to hydrolysis) is 1. The number of amides is 1. The molecule has 2 atom stereocenters. The van der Waals surface area contributed by atoms with Gasteiger partial charge in [0.25, 0.3) is 0 Å². The standard InChI is InChI=1S/C26H22N4O2/c1-17-22-20-14-8-9-15-21(20)23(19-12-6-3-7-13-19)27-25(24(22)30-29-17)28-26(31)32-16-18-10-4-2-5-11-18/h2-15,22,25H,16H2,1H3,(H,28,31). The van der Waals surface area contributed by atoms with Crippen molar-refractivity contribution < 1.29 is 9.53 Å². The minimum absolute atomic E-state index is 0.143. The van der Waals surface area contributed by atoms with Crippen LogP contribution in [0.2, 0.25) is 0 Å². The first-order valence-electron chi connectivity index (χ1n) is 10.5. The Hall–Kier alpha value is -4.06. The first-order chi connectivity index (χ1) is 15.7. The van der Waals surface area contributed by atoms with Crippen molar-refractivity contribution in [3.8, 4) is 0 Å². The molecule has 6 nitrogen and oxygen atoms in total. The zero-order valence-corrected chi connectivity index (χ0v) is 17.6. The Morgan fingerprint density at radius 3 is 2.38 bits per heavy atom. The molecule has 2 unspecified atom stereocenters. The Balaban J connectivity index is 1.50. The fourth-order valence-corrected chi connectivity index (χ4v) is 4.10. The molecule has 2 heterocycles. The van der Waals surface area contributed by atoms with Crippen molar-refractivity contribution in [3.05, 3.63) is 107 Å². The van der Waals surface area contributed by atoms with Crippen LogP contribution in [0.1, 0.15) is 35.1 Å². The third kappa shape index (κ3) is 3.83. The van der Waals surface area contributed by atoms with E-state index in [0.717, 1.165) is 33.7 Å². The van der Waals surface area contributed by atoms with Crippen molar-refractivity contribution in [2.45, 2.75) is 25.6 Å². The van der Waals surface area contributed by atoms with E-state index in [1.54, 1.807) is 0 Å². The van der Waals surface area contributed by atoms with Crippen molar-refractivity contribution in [2.75, 3.05) is 0 Å². The van der Waals surface area contributed by atoms with E-state index in [4.69, 9.17) is 9.73 Å². The van der Waals surface area contributed by atoms with E-state index >= 15 is 0 Å². The van der Waals surface area contributed by atoms with E-state index < -0.39 is 12.3 Å². The maximum absolute atomic E-state index is 12.7. The molecule has 0 aliphatic carbocycles. The van der Waals surface area contributed by atoms with E-state index in [1.165, 1.54) is 0 Å². The number of rotatable bonds is 4. The smallest absolute Gasteiger partial charge is 0.409 e. The third-order valence-electron chi connectivity index (χ3n) is 5.62. The zero-order chi connectivity index (χ0) is 21.9. The van der Waals surface area contributed by atoms with Gasteiger partial charge in [0.15, 0.2) is 6.17 Å². The number of hydrogen-bond donors (Lipinski definition) is 1. The van der Waals surface area contributed by atoms with E-state index in [-0.39, 0.29) is 12.5 Å². The molecule has 6 heteroatoms. The number of aliphatic imine (C=N–C) groups is 1. The second-order valence-electron chi connectivity index (χ2n) is 7.74. The number of carbonyl (C=O) groups excluding carboxylic acids is 1. The van der Waals surface area contributed by atoms with Crippen LogP contribution >= 0.6 is 0 Å². The number of hydrogen-bond acceptors (Lipinski definition) is 5. The Labute approximate surface area is 186 Å². The van der Waals surface area contributed by atoms with Crippen LogP contribution in [-0.4, -0.2) is 29.4 Å². The van der Waals surface area contributed by atoms with E-state index in [0.29, 0.717) is 5.71 Å². The van der Waals surface area contributed by atoms with Gasteiger partial charge in [-0.3, -0.25) is 10.3 Å². The van der Waals surface area contributed by atoms with Gasteiger partial charge in [0.05, 0.1) is 23.1 Å². The second kappa shape index (κ2) is 8.59. The molecular weight excluding hydrogens is 400 g/mol. The average Bonchev–Trinajstić information content (AvgIpc) is 3.16. The van der Waals surface area contributed by atoms with Crippen molar-refractivity contribution in [3.63, 3.8) is 0 Å². The molecule has 158 valence electrons. The van der Waals surface area contributed by atoms with E-state index in [9.17, 15) is 4.79 Å². The molecular formula is C26H22N4O2. The fourth-order valence-electron chi connectivity index (χ4n) is 4.10. The van der Waals surface area contributed by atoms with Crippen LogP contribution < -0.4 is 5.32 Å². The molecule has 0 saturated heterocycles. The molecule has 32 heavy (non-hydrogen) atoms. The lowest BCUT2D eigenvalue weighted by Gasteiger charge is -2.18. The maximum Gasteiger partial charge on any atom is 0.409 e. The van der Waals surface area contributed by atoms with Gasteiger partial charge in [0.2, 0.25) is 0 Å². The topological polar surface area (TPSA) is 75.4 Å². The third-order valence-corrected chi connectivity index (χ3v) is 5.62. The lowest BCUT2D eigenvalue weighted by atomic mass is 9.85. The number of nitrogens with zero attached hydrogens (tertiary/aromatic N) is 3. The number of ether oxygens (including phenoxy) is 1. The summed E-state index contributed by atoms with van der Waals surface area (Å²) in [6.07, 6.45) is -1.24. The Morgan fingerprint density at radius 2 is 1.59 bits per heavy atom. The highest BCUT2D eigenvalue weighted by Gasteiger charge is 2.37. The molecule has 3 aromatic carbocycles. The molecule has 0 radical (unpaired) electrons. The highest BCUT2D eigenvalue weighted by atomic mass is 16.5. The highest BCUT2D eigenvalue weighted by molar-refractivity contribution is 6.23. The Morgan fingerprint density at radius 1 is 0.906 bits per heavy atom. The van der Waals surface area contributed by atoms with Crippen LogP contribution in [-0.2, 0) is 11.3 Å². The van der Waals surface area contributed by atoms with E-state index in [1.807, 2.05) is 79.7 Å². The van der Waals surface area contributed by atoms with Crippen LogP contribution in [0.4, 0.5) is 4.79 Å². The minimum atomic E-state index is -0.688. The fraction of sp³-hybridized carbons (Fsp3) is 0.154. The summed E-state index contributed by atoms with van der Waals surface area (Å²) >= 11 is 0. The van der Waals surface area contributed by atoms with Gasteiger partial charge in [-0.1, -0.05) is 84.9 Å². The quantitative estimate of drug-likeness (QED) is 0.661. The summed E-state index contributed by atoms with van der Waals surface area (Å²) in [6, 6.07) is 27.7. The van der Waals surface area contributed by atoms with Crippen molar-refractivity contribution in [1.29, 1.82) is 0 Å². The summed E-state index contributed by atoms with van der Waals surface area (Å²) in [6.45, 7) is 2.14. The van der Waals surface area contributed by atoms with Gasteiger partial charge in [0.1, 0.15) is 6.61 Å². The van der Waals surface area contributed by atoms with Gasteiger partial charge in [-0.25, -0.2) is 4.79 Å². The van der Waals surface area contributed by atoms with Gasteiger partial charge in [0, 0.05) is 11.1 Å². The normalized spacial score (nSPS) is 19.0.